The fourth-order valence-corrected chi connectivity index (χ4v) is 2.21. The Balaban J connectivity index is 5.18. The Morgan fingerprint density at radius 2 is 1.81 bits per heavy atom. The molecule has 0 bridgehead atoms. The summed E-state index contributed by atoms with van der Waals surface area (Å²) < 4.78 is 0.774. The van der Waals surface area contributed by atoms with Crippen molar-refractivity contribution in [3.05, 3.63) is 37.3 Å². The number of carbonyl (C=O) groups is 1. The van der Waals surface area contributed by atoms with Gasteiger partial charge in [0.05, 0.1) is 27.2 Å². The molecule has 0 aliphatic rings. The number of carbonyl (C=O) groups excluding carboxylic acids is 1. The minimum absolute atomic E-state index is 0.176. The van der Waals surface area contributed by atoms with Crippen LogP contribution in [-0.2, 0) is 4.79 Å². The van der Waals surface area contributed by atoms with E-state index in [1.807, 2.05) is 21.0 Å². The number of amides is 1. The second-order valence-corrected chi connectivity index (χ2v) is 6.03. The Morgan fingerprint density at radius 1 is 1.24 bits per heavy atom. The van der Waals surface area contributed by atoms with Crippen LogP contribution in [0.5, 0.6) is 0 Å². The summed E-state index contributed by atoms with van der Waals surface area (Å²) in [6.07, 6.45) is 2.73. The molecule has 0 aromatic rings. The van der Waals surface area contributed by atoms with Gasteiger partial charge in [-0.3, -0.25) is 4.48 Å². The van der Waals surface area contributed by atoms with Gasteiger partial charge >= 0.3 is 5.91 Å². The van der Waals surface area contributed by atoms with Crippen molar-refractivity contribution in [3.8, 4) is 0 Å². The molecule has 0 spiro atoms. The first-order chi connectivity index (χ1) is 9.67. The molecule has 0 aliphatic heterocycles. The van der Waals surface area contributed by atoms with Crippen molar-refractivity contribution in [1.29, 1.82) is 0 Å². The van der Waals surface area contributed by atoms with Gasteiger partial charge in [-0.25, -0.2) is 9.28 Å². The molecule has 0 rings (SSSR count). The van der Waals surface area contributed by atoms with Gasteiger partial charge in [-0.1, -0.05) is 13.0 Å². The lowest BCUT2D eigenvalue weighted by Gasteiger charge is -2.37. The molecular formula is C17H33N3O+2. The van der Waals surface area contributed by atoms with Gasteiger partial charge in [0.2, 0.25) is 6.54 Å². The van der Waals surface area contributed by atoms with E-state index in [1.54, 1.807) is 6.08 Å². The van der Waals surface area contributed by atoms with E-state index >= 15 is 0 Å². The van der Waals surface area contributed by atoms with E-state index in [4.69, 9.17) is 0 Å². The quantitative estimate of drug-likeness (QED) is 0.496. The number of allylic oxidation sites excluding steroid dienone is 1. The van der Waals surface area contributed by atoms with E-state index in [-0.39, 0.29) is 5.91 Å². The van der Waals surface area contributed by atoms with Gasteiger partial charge in [-0.05, 0) is 26.5 Å². The van der Waals surface area contributed by atoms with Crippen LogP contribution < -0.4 is 5.32 Å². The summed E-state index contributed by atoms with van der Waals surface area (Å²) in [6.45, 7) is 20.5. The summed E-state index contributed by atoms with van der Waals surface area (Å²) in [5.74, 6) is 1.02. The van der Waals surface area contributed by atoms with Gasteiger partial charge in [-0.15, -0.1) is 6.58 Å². The highest BCUT2D eigenvalue weighted by atomic mass is 16.2. The molecule has 120 valence electrons. The Hall–Kier alpha value is -1.39. The van der Waals surface area contributed by atoms with E-state index < -0.39 is 0 Å². The molecule has 21 heavy (non-hydrogen) atoms. The highest BCUT2D eigenvalue weighted by molar-refractivity contribution is 5.71. The van der Waals surface area contributed by atoms with Gasteiger partial charge in [0.15, 0.2) is 5.82 Å². The minimum atomic E-state index is 0.176. The van der Waals surface area contributed by atoms with Crippen molar-refractivity contribution in [2.75, 3.05) is 40.3 Å². The van der Waals surface area contributed by atoms with Crippen molar-refractivity contribution in [1.82, 2.24) is 5.32 Å². The highest BCUT2D eigenvalue weighted by Gasteiger charge is 2.39. The minimum Gasteiger partial charge on any atom is -0.338 e. The molecule has 0 heterocycles. The molecule has 2 unspecified atom stereocenters. The lowest BCUT2D eigenvalue weighted by molar-refractivity contribution is -0.883. The molecule has 1 amide bonds. The number of quaternary nitrogens is 2. The summed E-state index contributed by atoms with van der Waals surface area (Å²) in [4.78, 5) is 12.9. The average molecular weight is 295 g/mol. The van der Waals surface area contributed by atoms with Crippen LogP contribution in [0.25, 0.3) is 0 Å². The molecule has 0 aliphatic carbocycles. The molecule has 0 fully saturated rings. The third-order valence-corrected chi connectivity index (χ3v) is 4.35. The van der Waals surface area contributed by atoms with Crippen LogP contribution in [0.15, 0.2) is 37.3 Å². The molecule has 0 aromatic heterocycles. The van der Waals surface area contributed by atoms with Crippen LogP contribution in [0.3, 0.4) is 0 Å². The normalized spacial score (nSPS) is 16.4. The van der Waals surface area contributed by atoms with Crippen LogP contribution in [-0.4, -0.2) is 55.1 Å². The Morgan fingerprint density at radius 3 is 2.19 bits per heavy atom. The first-order valence-corrected chi connectivity index (χ1v) is 7.61. The molecule has 1 N–H and O–H groups in total. The molecule has 0 saturated heterocycles. The van der Waals surface area contributed by atoms with E-state index in [0.29, 0.717) is 22.1 Å². The maximum Gasteiger partial charge on any atom is 0.373 e. The van der Waals surface area contributed by atoms with Crippen molar-refractivity contribution < 1.29 is 13.8 Å². The Bertz CT molecular complexity index is 416. The number of hydrogen-bond acceptors (Lipinski definition) is 2. The fourth-order valence-electron chi connectivity index (χ4n) is 2.21. The average Bonchev–Trinajstić information content (AvgIpc) is 2.44. The Labute approximate surface area is 130 Å². The smallest absolute Gasteiger partial charge is 0.338 e. The number of rotatable bonds is 10. The third-order valence-electron chi connectivity index (χ3n) is 4.35. The fraction of sp³-hybridized carbons (Fsp3) is 0.588. The van der Waals surface area contributed by atoms with Crippen molar-refractivity contribution in [2.45, 2.75) is 27.2 Å². The summed E-state index contributed by atoms with van der Waals surface area (Å²) in [7, 11) is 3.99. The van der Waals surface area contributed by atoms with Gasteiger partial charge in [0.1, 0.15) is 5.70 Å². The maximum absolute atomic E-state index is 12.9. The summed E-state index contributed by atoms with van der Waals surface area (Å²) in [6, 6.07) is 0. The van der Waals surface area contributed by atoms with E-state index in [9.17, 15) is 4.79 Å². The van der Waals surface area contributed by atoms with Crippen LogP contribution in [0, 0.1) is 0 Å². The maximum atomic E-state index is 12.9. The van der Waals surface area contributed by atoms with Crippen LogP contribution >= 0.6 is 0 Å². The molecule has 0 aromatic carbocycles. The molecular weight excluding hydrogens is 262 g/mol. The lowest BCUT2D eigenvalue weighted by atomic mass is 10.2. The monoisotopic (exact) mass is 295 g/mol. The lowest BCUT2D eigenvalue weighted by Crippen LogP contribution is -2.58. The first kappa shape index (κ1) is 19.6. The van der Waals surface area contributed by atoms with Gasteiger partial charge in [-0.2, -0.15) is 0 Å². The highest BCUT2D eigenvalue weighted by Crippen LogP contribution is 2.19. The number of hydrogen-bond donors (Lipinski definition) is 1. The second-order valence-electron chi connectivity index (χ2n) is 6.03. The zero-order valence-electron chi connectivity index (χ0n) is 14.5. The standard InChI is InChI=1S/C17H33N3O/c1-9-12-18-16(6)19(7,11-3)14-17(21)20(8,13-10-2)15(4)5/h9,18H,1,4,6,10-14H2,2-3,5,7-8H3/q+2. The van der Waals surface area contributed by atoms with Crippen LogP contribution in [0.4, 0.5) is 0 Å². The Kier molecular flexibility index (Phi) is 7.61. The van der Waals surface area contributed by atoms with Gasteiger partial charge in [0.25, 0.3) is 0 Å². The van der Waals surface area contributed by atoms with Crippen molar-refractivity contribution >= 4 is 5.91 Å². The SMILES string of the molecule is C=CCNC(=C)[N+](C)(CC)CC(=O)[N+](C)(CCC)C(=C)C. The van der Waals surface area contributed by atoms with Gasteiger partial charge in [0, 0.05) is 13.5 Å². The molecule has 4 heteroatoms. The molecule has 4 nitrogen and oxygen atoms in total. The number of likely N-dealkylation sites (N-methyl/N-ethyl adjacent to an activating group) is 2. The van der Waals surface area contributed by atoms with E-state index in [0.717, 1.165) is 31.0 Å². The topological polar surface area (TPSA) is 29.1 Å². The van der Waals surface area contributed by atoms with Gasteiger partial charge < -0.3 is 5.32 Å². The second kappa shape index (κ2) is 8.15. The largest absolute Gasteiger partial charge is 0.373 e. The summed E-state index contributed by atoms with van der Waals surface area (Å²) in [5, 5.41) is 3.22. The summed E-state index contributed by atoms with van der Waals surface area (Å²) >= 11 is 0. The third kappa shape index (κ3) is 4.83. The molecule has 0 radical (unpaired) electrons. The van der Waals surface area contributed by atoms with Crippen molar-refractivity contribution in [3.63, 3.8) is 0 Å². The zero-order valence-corrected chi connectivity index (χ0v) is 14.5. The predicted octanol–water partition coefficient (Wildman–Crippen LogP) is 2.62. The zero-order chi connectivity index (χ0) is 16.7. The van der Waals surface area contributed by atoms with E-state index in [2.05, 4.69) is 38.9 Å². The van der Waals surface area contributed by atoms with Crippen molar-refractivity contribution in [2.24, 2.45) is 0 Å². The van der Waals surface area contributed by atoms with Crippen LogP contribution in [0.2, 0.25) is 0 Å². The van der Waals surface area contributed by atoms with E-state index in [1.165, 1.54) is 0 Å². The summed E-state index contributed by atoms with van der Waals surface area (Å²) in [5.41, 5.74) is 0.883. The number of nitrogens with zero attached hydrogens (tertiary/aromatic N) is 2. The predicted molar refractivity (Wildman–Crippen MR) is 90.1 cm³/mol. The molecule has 0 saturated carbocycles. The number of nitrogens with one attached hydrogen (secondary N) is 1. The molecule has 2 atom stereocenters. The first-order valence-electron chi connectivity index (χ1n) is 7.61. The van der Waals surface area contributed by atoms with Crippen LogP contribution in [0.1, 0.15) is 27.2 Å².